The summed E-state index contributed by atoms with van der Waals surface area (Å²) < 4.78 is 5.50. The first kappa shape index (κ1) is 11.7. The van der Waals surface area contributed by atoms with E-state index in [1.807, 2.05) is 30.3 Å². The molecule has 1 aliphatic heterocycles. The van der Waals surface area contributed by atoms with Crippen LogP contribution in [0.5, 0.6) is 5.75 Å². The van der Waals surface area contributed by atoms with Crippen LogP contribution in [-0.2, 0) is 0 Å². The minimum Gasteiger partial charge on any atom is -0.491 e. The fourth-order valence-corrected chi connectivity index (χ4v) is 1.99. The van der Waals surface area contributed by atoms with Crippen LogP contribution in [0.1, 0.15) is 6.42 Å². The van der Waals surface area contributed by atoms with Crippen LogP contribution < -0.4 is 4.74 Å². The SMILES string of the molecule is O=C(O)N1C[C@@H](O)C[C@@H]1COc1ccccc1. The van der Waals surface area contributed by atoms with Gasteiger partial charge >= 0.3 is 6.09 Å². The van der Waals surface area contributed by atoms with Gasteiger partial charge in [-0.3, -0.25) is 4.90 Å². The molecule has 1 fully saturated rings. The van der Waals surface area contributed by atoms with Crippen molar-refractivity contribution in [3.05, 3.63) is 30.3 Å². The molecule has 1 aromatic rings. The zero-order valence-corrected chi connectivity index (χ0v) is 9.32. The summed E-state index contributed by atoms with van der Waals surface area (Å²) in [5, 5.41) is 18.4. The number of carbonyl (C=O) groups is 1. The molecule has 2 N–H and O–H groups in total. The van der Waals surface area contributed by atoms with Crippen LogP contribution in [0.3, 0.4) is 0 Å². The lowest BCUT2D eigenvalue weighted by Gasteiger charge is -2.21. The first-order valence-electron chi connectivity index (χ1n) is 5.52. The smallest absolute Gasteiger partial charge is 0.407 e. The van der Waals surface area contributed by atoms with Crippen LogP contribution in [0, 0.1) is 0 Å². The van der Waals surface area contributed by atoms with Crippen molar-refractivity contribution in [1.29, 1.82) is 0 Å². The van der Waals surface area contributed by atoms with Gasteiger partial charge in [0.25, 0.3) is 0 Å². The minimum absolute atomic E-state index is 0.165. The summed E-state index contributed by atoms with van der Waals surface area (Å²) in [5.41, 5.74) is 0. The number of likely N-dealkylation sites (tertiary alicyclic amines) is 1. The minimum atomic E-state index is -1.01. The predicted octanol–water partition coefficient (Wildman–Crippen LogP) is 1.18. The zero-order valence-electron chi connectivity index (χ0n) is 9.32. The van der Waals surface area contributed by atoms with Gasteiger partial charge in [0, 0.05) is 0 Å². The predicted molar refractivity (Wildman–Crippen MR) is 61.1 cm³/mol. The highest BCUT2D eigenvalue weighted by Gasteiger charge is 2.34. The molecular formula is C12H15NO4. The van der Waals surface area contributed by atoms with Crippen LogP contribution in [0.25, 0.3) is 0 Å². The Balaban J connectivity index is 1.92. The molecule has 2 atom stereocenters. The molecule has 0 bridgehead atoms. The molecule has 92 valence electrons. The number of aliphatic hydroxyl groups is 1. The lowest BCUT2D eigenvalue weighted by Crippen LogP contribution is -2.38. The number of hydrogen-bond acceptors (Lipinski definition) is 3. The second-order valence-electron chi connectivity index (χ2n) is 4.10. The first-order chi connectivity index (χ1) is 8.16. The maximum atomic E-state index is 10.9. The van der Waals surface area contributed by atoms with Crippen LogP contribution in [0.15, 0.2) is 30.3 Å². The van der Waals surface area contributed by atoms with Crippen molar-refractivity contribution >= 4 is 6.09 Å². The van der Waals surface area contributed by atoms with Crippen molar-refractivity contribution < 1.29 is 19.7 Å². The summed E-state index contributed by atoms with van der Waals surface area (Å²) in [6.07, 6.45) is -1.17. The molecule has 1 aromatic carbocycles. The number of hydrogen-bond donors (Lipinski definition) is 2. The number of nitrogens with zero attached hydrogens (tertiary/aromatic N) is 1. The number of rotatable bonds is 3. The summed E-state index contributed by atoms with van der Waals surface area (Å²) in [7, 11) is 0. The molecule has 0 spiro atoms. The fraction of sp³-hybridized carbons (Fsp3) is 0.417. The highest BCUT2D eigenvalue weighted by molar-refractivity contribution is 5.66. The van der Waals surface area contributed by atoms with Crippen molar-refractivity contribution in [2.45, 2.75) is 18.6 Å². The molecule has 0 unspecified atom stereocenters. The third kappa shape index (κ3) is 2.88. The summed E-state index contributed by atoms with van der Waals surface area (Å²) in [6.45, 7) is 0.436. The Morgan fingerprint density at radius 3 is 2.76 bits per heavy atom. The van der Waals surface area contributed by atoms with Crippen LogP contribution in [-0.4, -0.2) is 46.5 Å². The van der Waals surface area contributed by atoms with Gasteiger partial charge < -0.3 is 14.9 Å². The Morgan fingerprint density at radius 2 is 2.12 bits per heavy atom. The van der Waals surface area contributed by atoms with Crippen molar-refractivity contribution in [3.63, 3.8) is 0 Å². The molecule has 0 aromatic heterocycles. The van der Waals surface area contributed by atoms with E-state index in [1.165, 1.54) is 4.90 Å². The number of para-hydroxylation sites is 1. The topological polar surface area (TPSA) is 70.0 Å². The van der Waals surface area contributed by atoms with E-state index in [4.69, 9.17) is 9.84 Å². The van der Waals surface area contributed by atoms with Gasteiger partial charge in [-0.2, -0.15) is 0 Å². The van der Waals surface area contributed by atoms with E-state index < -0.39 is 12.2 Å². The molecule has 5 nitrogen and oxygen atoms in total. The Labute approximate surface area is 99.2 Å². The molecule has 1 saturated heterocycles. The number of amides is 1. The first-order valence-corrected chi connectivity index (χ1v) is 5.52. The highest BCUT2D eigenvalue weighted by atomic mass is 16.5. The number of carboxylic acid groups (broad SMARTS) is 1. The zero-order chi connectivity index (χ0) is 12.3. The van der Waals surface area contributed by atoms with Gasteiger partial charge in [0.05, 0.1) is 18.7 Å². The van der Waals surface area contributed by atoms with E-state index in [1.54, 1.807) is 0 Å². The number of benzene rings is 1. The maximum absolute atomic E-state index is 10.9. The van der Waals surface area contributed by atoms with E-state index in [0.717, 1.165) is 0 Å². The van der Waals surface area contributed by atoms with Crippen molar-refractivity contribution in [3.8, 4) is 5.75 Å². The van der Waals surface area contributed by atoms with Gasteiger partial charge in [0.15, 0.2) is 0 Å². The Bertz CT molecular complexity index is 381. The van der Waals surface area contributed by atoms with E-state index in [0.29, 0.717) is 12.2 Å². The number of ether oxygens (including phenoxy) is 1. The second-order valence-corrected chi connectivity index (χ2v) is 4.10. The van der Waals surface area contributed by atoms with Gasteiger partial charge in [0.1, 0.15) is 12.4 Å². The molecule has 5 heteroatoms. The fourth-order valence-electron chi connectivity index (χ4n) is 1.99. The summed E-state index contributed by atoms with van der Waals surface area (Å²) in [6, 6.07) is 8.95. The average Bonchev–Trinajstić information content (AvgIpc) is 2.69. The van der Waals surface area contributed by atoms with Crippen LogP contribution >= 0.6 is 0 Å². The third-order valence-electron chi connectivity index (χ3n) is 2.82. The standard InChI is InChI=1S/C12H15NO4/c14-10-6-9(13(7-10)12(15)16)8-17-11-4-2-1-3-5-11/h1-5,9-10,14H,6-8H2,(H,15,16)/t9-,10+/m1/s1. The summed E-state index contributed by atoms with van der Waals surface area (Å²) in [4.78, 5) is 12.2. The van der Waals surface area contributed by atoms with Crippen molar-refractivity contribution in [2.75, 3.05) is 13.2 Å². The molecule has 0 saturated carbocycles. The van der Waals surface area contributed by atoms with Crippen molar-refractivity contribution in [1.82, 2.24) is 4.90 Å². The molecule has 17 heavy (non-hydrogen) atoms. The Kier molecular flexibility index (Phi) is 3.49. The molecule has 1 amide bonds. The molecule has 1 heterocycles. The molecule has 0 radical (unpaired) electrons. The third-order valence-corrected chi connectivity index (χ3v) is 2.82. The Morgan fingerprint density at radius 1 is 1.41 bits per heavy atom. The molecule has 0 aliphatic carbocycles. The quantitative estimate of drug-likeness (QED) is 0.828. The molecular weight excluding hydrogens is 222 g/mol. The lowest BCUT2D eigenvalue weighted by molar-refractivity contribution is 0.119. The highest BCUT2D eigenvalue weighted by Crippen LogP contribution is 2.19. The van der Waals surface area contributed by atoms with Gasteiger partial charge in [-0.25, -0.2) is 4.79 Å². The number of β-amino-alcohol motifs (C(OH)–C–C–N with tert-alkyl or cyclic N) is 1. The Hall–Kier alpha value is -1.75. The van der Waals surface area contributed by atoms with E-state index in [2.05, 4.69) is 0 Å². The average molecular weight is 237 g/mol. The van der Waals surface area contributed by atoms with Gasteiger partial charge in [-0.1, -0.05) is 18.2 Å². The lowest BCUT2D eigenvalue weighted by atomic mass is 10.2. The van der Waals surface area contributed by atoms with Crippen molar-refractivity contribution in [2.24, 2.45) is 0 Å². The van der Waals surface area contributed by atoms with Gasteiger partial charge in [0.2, 0.25) is 0 Å². The molecule has 1 aliphatic rings. The van der Waals surface area contributed by atoms with Gasteiger partial charge in [-0.15, -0.1) is 0 Å². The second kappa shape index (κ2) is 5.05. The normalized spacial score (nSPS) is 23.7. The molecule has 2 rings (SSSR count). The summed E-state index contributed by atoms with van der Waals surface area (Å²) >= 11 is 0. The van der Waals surface area contributed by atoms with E-state index in [9.17, 15) is 9.90 Å². The summed E-state index contributed by atoms with van der Waals surface area (Å²) in [5.74, 6) is 0.708. The largest absolute Gasteiger partial charge is 0.491 e. The monoisotopic (exact) mass is 237 g/mol. The number of aliphatic hydroxyl groups excluding tert-OH is 1. The van der Waals surface area contributed by atoms with E-state index >= 15 is 0 Å². The maximum Gasteiger partial charge on any atom is 0.407 e. The van der Waals surface area contributed by atoms with Crippen LogP contribution in [0.2, 0.25) is 0 Å². The van der Waals surface area contributed by atoms with Crippen LogP contribution in [0.4, 0.5) is 4.79 Å². The van der Waals surface area contributed by atoms with Gasteiger partial charge in [-0.05, 0) is 18.6 Å². The van der Waals surface area contributed by atoms with E-state index in [-0.39, 0.29) is 19.2 Å².